The average molecular weight is 345 g/mol. The van der Waals surface area contributed by atoms with Crippen molar-refractivity contribution in [1.82, 2.24) is 10.6 Å². The van der Waals surface area contributed by atoms with Crippen LogP contribution in [0.2, 0.25) is 0 Å². The van der Waals surface area contributed by atoms with Gasteiger partial charge < -0.3 is 19.8 Å². The van der Waals surface area contributed by atoms with Crippen molar-refractivity contribution in [2.24, 2.45) is 4.99 Å². The number of nitrogens with zero attached hydrogens (tertiary/aromatic N) is 1. The van der Waals surface area contributed by atoms with Gasteiger partial charge in [0.25, 0.3) is 0 Å². The summed E-state index contributed by atoms with van der Waals surface area (Å²) >= 11 is 0. The molecule has 0 radical (unpaired) electrons. The van der Waals surface area contributed by atoms with Crippen molar-refractivity contribution in [2.75, 3.05) is 13.1 Å². The second kappa shape index (κ2) is 9.11. The van der Waals surface area contributed by atoms with E-state index in [1.54, 1.807) is 0 Å². The van der Waals surface area contributed by atoms with Crippen LogP contribution in [0.15, 0.2) is 33.7 Å². The minimum atomic E-state index is -0.216. The van der Waals surface area contributed by atoms with Crippen LogP contribution in [0.5, 0.6) is 0 Å². The Balaban J connectivity index is 1.96. The molecule has 0 spiro atoms. The van der Waals surface area contributed by atoms with Crippen LogP contribution in [0.25, 0.3) is 11.0 Å². The van der Waals surface area contributed by atoms with Crippen LogP contribution in [0.3, 0.4) is 0 Å². The average Bonchev–Trinajstić information content (AvgIpc) is 2.88. The monoisotopic (exact) mass is 345 g/mol. The van der Waals surface area contributed by atoms with E-state index in [4.69, 9.17) is 9.15 Å². The highest BCUT2D eigenvalue weighted by Crippen LogP contribution is 2.25. The highest BCUT2D eigenvalue weighted by atomic mass is 16.5. The lowest BCUT2D eigenvalue weighted by molar-refractivity contribution is -0.147. The molecule has 0 bridgehead atoms. The fraction of sp³-hybridized carbons (Fsp3) is 0.474. The predicted octanol–water partition coefficient (Wildman–Crippen LogP) is 3.14. The molecule has 0 aliphatic rings. The topological polar surface area (TPSA) is 75.9 Å². The Labute approximate surface area is 148 Å². The van der Waals surface area contributed by atoms with Crippen LogP contribution in [-0.2, 0) is 16.1 Å². The maximum atomic E-state index is 11.6. The summed E-state index contributed by atoms with van der Waals surface area (Å²) in [4.78, 5) is 16.1. The first-order chi connectivity index (χ1) is 12.0. The molecule has 2 aromatic rings. The molecule has 1 aromatic carbocycles. The summed E-state index contributed by atoms with van der Waals surface area (Å²) in [6.07, 6.45) is 0.206. The van der Waals surface area contributed by atoms with Gasteiger partial charge in [0.1, 0.15) is 17.9 Å². The number of fused-ring (bicyclic) bond motifs is 1. The van der Waals surface area contributed by atoms with Crippen LogP contribution in [0.4, 0.5) is 0 Å². The van der Waals surface area contributed by atoms with E-state index in [9.17, 15) is 4.79 Å². The van der Waals surface area contributed by atoms with Gasteiger partial charge in [-0.15, -0.1) is 0 Å². The number of furan rings is 1. The minimum absolute atomic E-state index is 0.0922. The first-order valence-corrected chi connectivity index (χ1v) is 8.70. The molecule has 136 valence electrons. The quantitative estimate of drug-likeness (QED) is 0.458. The smallest absolute Gasteiger partial charge is 0.307 e. The molecule has 1 aromatic heterocycles. The van der Waals surface area contributed by atoms with E-state index < -0.39 is 0 Å². The van der Waals surface area contributed by atoms with Crippen LogP contribution in [-0.4, -0.2) is 31.1 Å². The van der Waals surface area contributed by atoms with E-state index in [0.717, 1.165) is 28.8 Å². The standard InChI is InChI=1S/C19H27N3O3/c1-5-20-19(21-11-10-18(23)24-13(2)3)22-12-17-14(4)15-8-6-7-9-16(15)25-17/h6-9,13H,5,10-12H2,1-4H3,(H2,20,21,22). The molecule has 0 fully saturated rings. The molecule has 0 amide bonds. The van der Waals surface area contributed by atoms with E-state index in [1.807, 2.05) is 52.0 Å². The Morgan fingerprint density at radius 2 is 2.04 bits per heavy atom. The number of para-hydroxylation sites is 1. The minimum Gasteiger partial charge on any atom is -0.463 e. The highest BCUT2D eigenvalue weighted by Gasteiger charge is 2.10. The number of carbonyl (C=O) groups excluding carboxylic acids is 1. The van der Waals surface area contributed by atoms with Gasteiger partial charge >= 0.3 is 5.97 Å². The van der Waals surface area contributed by atoms with Crippen molar-refractivity contribution in [1.29, 1.82) is 0 Å². The molecule has 6 nitrogen and oxygen atoms in total. The molecule has 0 aliphatic carbocycles. The number of carbonyl (C=O) groups is 1. The zero-order valence-corrected chi connectivity index (χ0v) is 15.4. The SMILES string of the molecule is CCNC(=NCc1oc2ccccc2c1C)NCCC(=O)OC(C)C. The fourth-order valence-corrected chi connectivity index (χ4v) is 2.47. The maximum absolute atomic E-state index is 11.6. The zero-order chi connectivity index (χ0) is 18.2. The van der Waals surface area contributed by atoms with Gasteiger partial charge in [-0.25, -0.2) is 4.99 Å². The molecule has 0 saturated heterocycles. The molecule has 2 rings (SSSR count). The van der Waals surface area contributed by atoms with Crippen molar-refractivity contribution in [3.63, 3.8) is 0 Å². The van der Waals surface area contributed by atoms with E-state index in [-0.39, 0.29) is 12.1 Å². The Kier molecular flexibility index (Phi) is 6.86. The Morgan fingerprint density at radius 1 is 1.28 bits per heavy atom. The number of nitrogens with one attached hydrogen (secondary N) is 2. The normalized spacial score (nSPS) is 11.8. The Morgan fingerprint density at radius 3 is 2.72 bits per heavy atom. The summed E-state index contributed by atoms with van der Waals surface area (Å²) in [5.41, 5.74) is 1.98. The molecule has 0 aliphatic heterocycles. The highest BCUT2D eigenvalue weighted by molar-refractivity contribution is 5.82. The van der Waals surface area contributed by atoms with Crippen LogP contribution in [0, 0.1) is 6.92 Å². The van der Waals surface area contributed by atoms with Gasteiger partial charge in [0.2, 0.25) is 0 Å². The molecule has 0 unspecified atom stereocenters. The number of esters is 1. The largest absolute Gasteiger partial charge is 0.463 e. The van der Waals surface area contributed by atoms with Gasteiger partial charge in [-0.05, 0) is 33.8 Å². The number of guanidine groups is 1. The molecule has 0 atom stereocenters. The van der Waals surface area contributed by atoms with Gasteiger partial charge in [0.05, 0.1) is 12.5 Å². The van der Waals surface area contributed by atoms with Crippen LogP contribution < -0.4 is 10.6 Å². The molecule has 25 heavy (non-hydrogen) atoms. The second-order valence-corrected chi connectivity index (χ2v) is 6.06. The van der Waals surface area contributed by atoms with Gasteiger partial charge in [0.15, 0.2) is 5.96 Å². The zero-order valence-electron chi connectivity index (χ0n) is 15.4. The number of rotatable bonds is 7. The van der Waals surface area contributed by atoms with Crippen molar-refractivity contribution in [3.8, 4) is 0 Å². The predicted molar refractivity (Wildman–Crippen MR) is 99.6 cm³/mol. The molecular weight excluding hydrogens is 318 g/mol. The Bertz CT molecular complexity index is 735. The van der Waals surface area contributed by atoms with Crippen molar-refractivity contribution >= 4 is 22.9 Å². The number of aliphatic imine (C=N–C) groups is 1. The number of benzene rings is 1. The lowest BCUT2D eigenvalue weighted by atomic mass is 10.1. The Hall–Kier alpha value is -2.50. The number of aryl methyl sites for hydroxylation is 1. The van der Waals surface area contributed by atoms with Crippen molar-refractivity contribution in [2.45, 2.75) is 46.8 Å². The second-order valence-electron chi connectivity index (χ2n) is 6.06. The third-order valence-corrected chi connectivity index (χ3v) is 3.66. The van der Waals surface area contributed by atoms with E-state index >= 15 is 0 Å². The van der Waals surface area contributed by atoms with Gasteiger partial charge in [-0.3, -0.25) is 4.79 Å². The van der Waals surface area contributed by atoms with E-state index in [0.29, 0.717) is 25.5 Å². The third kappa shape index (κ3) is 5.52. The van der Waals surface area contributed by atoms with Crippen molar-refractivity contribution in [3.05, 3.63) is 35.6 Å². The lowest BCUT2D eigenvalue weighted by Gasteiger charge is -2.12. The number of hydrogen-bond acceptors (Lipinski definition) is 4. The van der Waals surface area contributed by atoms with Gasteiger partial charge in [0, 0.05) is 24.0 Å². The molecule has 1 heterocycles. The van der Waals surface area contributed by atoms with Crippen molar-refractivity contribution < 1.29 is 13.9 Å². The number of ether oxygens (including phenoxy) is 1. The van der Waals surface area contributed by atoms with E-state index in [2.05, 4.69) is 15.6 Å². The molecule has 0 saturated carbocycles. The molecular formula is C19H27N3O3. The van der Waals surface area contributed by atoms with Crippen LogP contribution >= 0.6 is 0 Å². The third-order valence-electron chi connectivity index (χ3n) is 3.66. The van der Waals surface area contributed by atoms with Gasteiger partial charge in [-0.2, -0.15) is 0 Å². The summed E-state index contributed by atoms with van der Waals surface area (Å²) in [6, 6.07) is 7.96. The summed E-state index contributed by atoms with van der Waals surface area (Å²) < 4.78 is 11.0. The lowest BCUT2D eigenvalue weighted by Crippen LogP contribution is -2.38. The van der Waals surface area contributed by atoms with E-state index in [1.165, 1.54) is 0 Å². The first kappa shape index (κ1) is 18.8. The molecule has 6 heteroatoms. The summed E-state index contributed by atoms with van der Waals surface area (Å²) in [6.45, 7) is 9.36. The summed E-state index contributed by atoms with van der Waals surface area (Å²) in [5.74, 6) is 1.28. The first-order valence-electron chi connectivity index (χ1n) is 8.70. The summed E-state index contributed by atoms with van der Waals surface area (Å²) in [7, 11) is 0. The summed E-state index contributed by atoms with van der Waals surface area (Å²) in [5, 5.41) is 7.42. The molecule has 2 N–H and O–H groups in total. The number of hydrogen-bond donors (Lipinski definition) is 2. The maximum Gasteiger partial charge on any atom is 0.307 e. The van der Waals surface area contributed by atoms with Gasteiger partial charge in [-0.1, -0.05) is 18.2 Å². The fourth-order valence-electron chi connectivity index (χ4n) is 2.47. The van der Waals surface area contributed by atoms with Crippen LogP contribution in [0.1, 0.15) is 38.5 Å².